The Labute approximate surface area is 115 Å². The summed E-state index contributed by atoms with van der Waals surface area (Å²) in [4.78, 5) is 0. The van der Waals surface area contributed by atoms with E-state index in [-0.39, 0.29) is 5.02 Å². The SMILES string of the molecule is CCCn1c(CCl)nnc1-c1ccc(F)c(Cl)c1. The third-order valence-corrected chi connectivity index (χ3v) is 3.10. The highest BCUT2D eigenvalue weighted by Crippen LogP contribution is 2.24. The van der Waals surface area contributed by atoms with Gasteiger partial charge < -0.3 is 4.57 Å². The molecule has 1 aromatic heterocycles. The molecular weight excluding hydrogens is 276 g/mol. The van der Waals surface area contributed by atoms with E-state index in [0.717, 1.165) is 18.5 Å². The maximum atomic E-state index is 13.1. The average Bonchev–Trinajstić information content (AvgIpc) is 2.76. The minimum absolute atomic E-state index is 0.0750. The molecule has 0 fully saturated rings. The summed E-state index contributed by atoms with van der Waals surface area (Å²) in [6, 6.07) is 4.50. The third kappa shape index (κ3) is 2.49. The molecule has 2 rings (SSSR count). The fourth-order valence-corrected chi connectivity index (χ4v) is 2.12. The van der Waals surface area contributed by atoms with E-state index in [1.165, 1.54) is 6.07 Å². The monoisotopic (exact) mass is 287 g/mol. The van der Waals surface area contributed by atoms with Gasteiger partial charge in [-0.25, -0.2) is 4.39 Å². The zero-order valence-electron chi connectivity index (χ0n) is 9.83. The Kier molecular flexibility index (Phi) is 4.19. The van der Waals surface area contributed by atoms with Gasteiger partial charge in [-0.3, -0.25) is 0 Å². The standard InChI is InChI=1S/C12H12Cl2FN3/c1-2-5-18-11(7-13)16-17-12(18)8-3-4-10(15)9(14)6-8/h3-4,6H,2,5,7H2,1H3. The number of halogens is 3. The lowest BCUT2D eigenvalue weighted by atomic mass is 10.2. The summed E-state index contributed by atoms with van der Waals surface area (Å²) in [7, 11) is 0. The smallest absolute Gasteiger partial charge is 0.164 e. The lowest BCUT2D eigenvalue weighted by Gasteiger charge is -2.08. The van der Waals surface area contributed by atoms with Gasteiger partial charge in [-0.2, -0.15) is 0 Å². The Morgan fingerprint density at radius 1 is 1.33 bits per heavy atom. The van der Waals surface area contributed by atoms with Crippen molar-refractivity contribution >= 4 is 23.2 Å². The molecule has 0 saturated carbocycles. The van der Waals surface area contributed by atoms with Crippen LogP contribution in [0.2, 0.25) is 5.02 Å². The largest absolute Gasteiger partial charge is 0.310 e. The first-order valence-corrected chi connectivity index (χ1v) is 6.52. The van der Waals surface area contributed by atoms with Crippen LogP contribution in [-0.2, 0) is 12.4 Å². The Morgan fingerprint density at radius 2 is 2.11 bits per heavy atom. The van der Waals surface area contributed by atoms with Crippen molar-refractivity contribution in [3.05, 3.63) is 34.9 Å². The van der Waals surface area contributed by atoms with Gasteiger partial charge in [-0.1, -0.05) is 18.5 Å². The predicted molar refractivity (Wildman–Crippen MR) is 70.3 cm³/mol. The van der Waals surface area contributed by atoms with Gasteiger partial charge in [-0.05, 0) is 24.6 Å². The molecular formula is C12H12Cl2FN3. The van der Waals surface area contributed by atoms with E-state index in [4.69, 9.17) is 23.2 Å². The summed E-state index contributed by atoms with van der Waals surface area (Å²) >= 11 is 11.6. The maximum Gasteiger partial charge on any atom is 0.164 e. The Balaban J connectivity index is 2.49. The summed E-state index contributed by atoms with van der Waals surface area (Å²) < 4.78 is 15.1. The molecule has 0 aliphatic carbocycles. The second-order valence-corrected chi connectivity index (χ2v) is 4.53. The molecule has 1 aromatic carbocycles. The molecule has 0 N–H and O–H groups in total. The van der Waals surface area contributed by atoms with E-state index in [1.54, 1.807) is 12.1 Å². The van der Waals surface area contributed by atoms with Crippen LogP contribution in [0.5, 0.6) is 0 Å². The first-order chi connectivity index (χ1) is 8.67. The second-order valence-electron chi connectivity index (χ2n) is 3.85. The van der Waals surface area contributed by atoms with Crippen LogP contribution in [-0.4, -0.2) is 14.8 Å². The number of alkyl halides is 1. The van der Waals surface area contributed by atoms with E-state index in [0.29, 0.717) is 17.5 Å². The van der Waals surface area contributed by atoms with E-state index in [9.17, 15) is 4.39 Å². The molecule has 0 atom stereocenters. The molecule has 18 heavy (non-hydrogen) atoms. The predicted octanol–water partition coefficient (Wildman–Crippen LogP) is 3.89. The van der Waals surface area contributed by atoms with Crippen molar-refractivity contribution in [2.24, 2.45) is 0 Å². The number of nitrogens with zero attached hydrogens (tertiary/aromatic N) is 3. The molecule has 96 valence electrons. The molecule has 1 heterocycles. The third-order valence-electron chi connectivity index (χ3n) is 2.57. The summed E-state index contributed by atoms with van der Waals surface area (Å²) in [5.41, 5.74) is 0.735. The van der Waals surface area contributed by atoms with Crippen molar-refractivity contribution in [2.75, 3.05) is 0 Å². The summed E-state index contributed by atoms with van der Waals surface area (Å²) in [6.07, 6.45) is 0.934. The van der Waals surface area contributed by atoms with Crippen molar-refractivity contribution in [3.8, 4) is 11.4 Å². The van der Waals surface area contributed by atoms with Crippen molar-refractivity contribution in [3.63, 3.8) is 0 Å². The summed E-state index contributed by atoms with van der Waals surface area (Å²) in [5.74, 6) is 1.21. The highest BCUT2D eigenvalue weighted by Gasteiger charge is 2.13. The van der Waals surface area contributed by atoms with Crippen LogP contribution in [0.25, 0.3) is 11.4 Å². The lowest BCUT2D eigenvalue weighted by molar-refractivity contribution is 0.628. The summed E-state index contributed by atoms with van der Waals surface area (Å²) in [6.45, 7) is 2.82. The molecule has 0 amide bonds. The second kappa shape index (κ2) is 5.67. The van der Waals surface area contributed by atoms with Gasteiger partial charge >= 0.3 is 0 Å². The van der Waals surface area contributed by atoms with Crippen LogP contribution in [0.1, 0.15) is 19.2 Å². The first-order valence-electron chi connectivity index (χ1n) is 5.60. The molecule has 0 aliphatic heterocycles. The highest BCUT2D eigenvalue weighted by atomic mass is 35.5. The van der Waals surface area contributed by atoms with Crippen LogP contribution in [0, 0.1) is 5.82 Å². The molecule has 0 spiro atoms. The van der Waals surface area contributed by atoms with E-state index in [1.807, 2.05) is 4.57 Å². The molecule has 3 nitrogen and oxygen atoms in total. The fraction of sp³-hybridized carbons (Fsp3) is 0.333. The first kappa shape index (κ1) is 13.3. The number of rotatable bonds is 4. The topological polar surface area (TPSA) is 30.7 Å². The van der Waals surface area contributed by atoms with Crippen molar-refractivity contribution in [1.82, 2.24) is 14.8 Å². The zero-order valence-corrected chi connectivity index (χ0v) is 11.3. The van der Waals surface area contributed by atoms with Crippen molar-refractivity contribution < 1.29 is 4.39 Å². The molecule has 0 aliphatic rings. The zero-order chi connectivity index (χ0) is 13.1. The van der Waals surface area contributed by atoms with Gasteiger partial charge in [0.05, 0.1) is 10.9 Å². The Bertz CT molecular complexity index is 554. The van der Waals surface area contributed by atoms with Gasteiger partial charge in [0, 0.05) is 12.1 Å². The van der Waals surface area contributed by atoms with Crippen LogP contribution in [0.15, 0.2) is 18.2 Å². The fourth-order valence-electron chi connectivity index (χ4n) is 1.74. The average molecular weight is 288 g/mol. The maximum absolute atomic E-state index is 13.1. The molecule has 0 unspecified atom stereocenters. The van der Waals surface area contributed by atoms with Crippen LogP contribution < -0.4 is 0 Å². The Morgan fingerprint density at radius 3 is 2.72 bits per heavy atom. The number of hydrogen-bond donors (Lipinski definition) is 0. The quantitative estimate of drug-likeness (QED) is 0.799. The van der Waals surface area contributed by atoms with Gasteiger partial charge in [0.2, 0.25) is 0 Å². The van der Waals surface area contributed by atoms with Crippen molar-refractivity contribution in [1.29, 1.82) is 0 Å². The number of aromatic nitrogens is 3. The van der Waals surface area contributed by atoms with Crippen molar-refractivity contribution in [2.45, 2.75) is 25.8 Å². The molecule has 2 aromatic rings. The van der Waals surface area contributed by atoms with Crippen LogP contribution in [0.4, 0.5) is 4.39 Å². The van der Waals surface area contributed by atoms with Crippen LogP contribution in [0.3, 0.4) is 0 Å². The molecule has 0 radical (unpaired) electrons. The highest BCUT2D eigenvalue weighted by molar-refractivity contribution is 6.31. The van der Waals surface area contributed by atoms with E-state index >= 15 is 0 Å². The van der Waals surface area contributed by atoms with Gasteiger partial charge in [0.15, 0.2) is 5.82 Å². The van der Waals surface area contributed by atoms with Gasteiger partial charge in [0.1, 0.15) is 11.6 Å². The lowest BCUT2D eigenvalue weighted by Crippen LogP contribution is -2.04. The minimum Gasteiger partial charge on any atom is -0.310 e. The van der Waals surface area contributed by atoms with Gasteiger partial charge in [0.25, 0.3) is 0 Å². The molecule has 0 saturated heterocycles. The molecule has 6 heteroatoms. The van der Waals surface area contributed by atoms with Gasteiger partial charge in [-0.15, -0.1) is 21.8 Å². The number of benzene rings is 1. The minimum atomic E-state index is -0.445. The van der Waals surface area contributed by atoms with E-state index < -0.39 is 5.82 Å². The van der Waals surface area contributed by atoms with Crippen LogP contribution >= 0.6 is 23.2 Å². The normalized spacial score (nSPS) is 10.9. The summed E-state index contributed by atoms with van der Waals surface area (Å²) in [5, 5.41) is 8.19. The number of hydrogen-bond acceptors (Lipinski definition) is 2. The molecule has 0 bridgehead atoms. The Hall–Kier alpha value is -1.13. The van der Waals surface area contributed by atoms with E-state index in [2.05, 4.69) is 17.1 Å².